The molecule has 0 spiro atoms. The molecule has 0 saturated carbocycles. The molecule has 8 nitrogen and oxygen atoms in total. The van der Waals surface area contributed by atoms with Crippen LogP contribution in [0.3, 0.4) is 0 Å². The quantitative estimate of drug-likeness (QED) is 0.624. The third kappa shape index (κ3) is 5.72. The monoisotopic (exact) mass is 446 g/mol. The van der Waals surface area contributed by atoms with Crippen molar-refractivity contribution in [1.29, 1.82) is 0 Å². The first kappa shape index (κ1) is 23.0. The molecule has 168 valence electrons. The van der Waals surface area contributed by atoms with Crippen molar-refractivity contribution in [2.45, 2.75) is 52.4 Å². The van der Waals surface area contributed by atoms with Crippen LogP contribution in [0, 0.1) is 12.8 Å². The lowest BCUT2D eigenvalue weighted by Crippen LogP contribution is -2.34. The predicted molar refractivity (Wildman–Crippen MR) is 120 cm³/mol. The van der Waals surface area contributed by atoms with E-state index in [-0.39, 0.29) is 16.9 Å². The Morgan fingerprint density at radius 1 is 1.23 bits per heavy atom. The molecule has 1 fully saturated rings. The van der Waals surface area contributed by atoms with E-state index in [1.54, 1.807) is 6.92 Å². The molecule has 3 rings (SSSR count). The number of thiophene rings is 1. The number of piperidine rings is 1. The molecule has 0 atom stereocenters. The Kier molecular flexibility index (Phi) is 6.83. The average Bonchev–Trinajstić information content (AvgIpc) is 3.20. The smallest absolute Gasteiger partial charge is 0.322 e. The number of carboxylic acid groups (broad SMARTS) is 1. The summed E-state index contributed by atoms with van der Waals surface area (Å²) in [6, 6.07) is 4.43. The van der Waals surface area contributed by atoms with E-state index in [1.807, 2.05) is 11.3 Å². The highest BCUT2D eigenvalue weighted by Gasteiger charge is 2.25. The van der Waals surface area contributed by atoms with Crippen molar-refractivity contribution in [3.8, 4) is 5.75 Å². The van der Waals surface area contributed by atoms with Gasteiger partial charge in [-0.3, -0.25) is 9.59 Å². The molecule has 0 aliphatic carbocycles. The van der Waals surface area contributed by atoms with Crippen LogP contribution in [0.4, 0.5) is 5.00 Å². The van der Waals surface area contributed by atoms with E-state index >= 15 is 0 Å². The first-order valence-corrected chi connectivity index (χ1v) is 11.3. The van der Waals surface area contributed by atoms with Crippen molar-refractivity contribution in [2.75, 3.05) is 24.5 Å². The Morgan fingerprint density at radius 3 is 2.48 bits per heavy atom. The topological polar surface area (TPSA) is 116 Å². The van der Waals surface area contributed by atoms with E-state index in [9.17, 15) is 14.7 Å². The molecule has 2 aromatic heterocycles. The summed E-state index contributed by atoms with van der Waals surface area (Å²) < 4.78 is 0. The third-order valence-electron chi connectivity index (χ3n) is 5.45. The van der Waals surface area contributed by atoms with Gasteiger partial charge in [-0.15, -0.1) is 11.3 Å². The number of hydrogen-bond acceptors (Lipinski definition) is 7. The van der Waals surface area contributed by atoms with Crippen molar-refractivity contribution in [1.82, 2.24) is 15.3 Å². The number of carboxylic acids is 1. The lowest BCUT2D eigenvalue weighted by Gasteiger charge is -2.32. The van der Waals surface area contributed by atoms with Crippen molar-refractivity contribution < 1.29 is 19.8 Å². The van der Waals surface area contributed by atoms with E-state index < -0.39 is 18.4 Å². The number of hydrogen-bond donors (Lipinski definition) is 3. The fraction of sp³-hybridized carbons (Fsp3) is 0.545. The van der Waals surface area contributed by atoms with Crippen LogP contribution in [-0.2, 0) is 16.6 Å². The van der Waals surface area contributed by atoms with Crippen LogP contribution in [0.1, 0.15) is 60.5 Å². The first-order valence-electron chi connectivity index (χ1n) is 10.5. The van der Waals surface area contributed by atoms with E-state index in [0.717, 1.165) is 25.9 Å². The van der Waals surface area contributed by atoms with Crippen molar-refractivity contribution in [3.05, 3.63) is 34.2 Å². The predicted octanol–water partition coefficient (Wildman–Crippen LogP) is 3.12. The molecule has 2 aromatic rings. The molecule has 1 aliphatic rings. The number of amides is 1. The molecule has 0 bridgehead atoms. The van der Waals surface area contributed by atoms with Gasteiger partial charge in [-0.05, 0) is 43.2 Å². The number of nitrogens with zero attached hydrogens (tertiary/aromatic N) is 3. The largest absolute Gasteiger partial charge is 0.504 e. The number of aryl methyl sites for hydroxylation is 1. The standard InChI is InChI=1S/C22H30N4O4S/c1-13-20(29)19(21(30)23-12-18(27)28)25-16(24-13)11-14-7-9-26(10-8-14)17-6-5-15(31-17)22(2,3)4/h5-6,14,29H,7-12H2,1-4H3,(H,23,30)(H,27,28). The highest BCUT2D eigenvalue weighted by molar-refractivity contribution is 7.16. The maximum Gasteiger partial charge on any atom is 0.322 e. The second-order valence-corrected chi connectivity index (χ2v) is 10.1. The molecule has 0 radical (unpaired) electrons. The van der Waals surface area contributed by atoms with Gasteiger partial charge in [0.05, 0.1) is 10.7 Å². The number of rotatable bonds is 6. The third-order valence-corrected chi connectivity index (χ3v) is 7.02. The maximum atomic E-state index is 12.2. The van der Waals surface area contributed by atoms with Crippen LogP contribution >= 0.6 is 11.3 Å². The summed E-state index contributed by atoms with van der Waals surface area (Å²) in [6.45, 7) is 9.67. The zero-order chi connectivity index (χ0) is 22.8. The van der Waals surface area contributed by atoms with E-state index in [2.05, 4.69) is 53.1 Å². The van der Waals surface area contributed by atoms with Gasteiger partial charge in [0.2, 0.25) is 0 Å². The van der Waals surface area contributed by atoms with Gasteiger partial charge in [0, 0.05) is 24.4 Å². The van der Waals surface area contributed by atoms with Gasteiger partial charge >= 0.3 is 5.97 Å². The fourth-order valence-corrected chi connectivity index (χ4v) is 4.75. The van der Waals surface area contributed by atoms with E-state index in [0.29, 0.717) is 23.9 Å². The molecule has 1 saturated heterocycles. The minimum atomic E-state index is -1.16. The van der Waals surface area contributed by atoms with Gasteiger partial charge in [-0.25, -0.2) is 9.97 Å². The number of anilines is 1. The van der Waals surface area contributed by atoms with Gasteiger partial charge in [0.15, 0.2) is 11.4 Å². The average molecular weight is 447 g/mol. The lowest BCUT2D eigenvalue weighted by molar-refractivity contribution is -0.135. The summed E-state index contributed by atoms with van der Waals surface area (Å²) >= 11 is 1.85. The number of carbonyl (C=O) groups excluding carboxylic acids is 1. The fourth-order valence-electron chi connectivity index (χ4n) is 3.63. The van der Waals surface area contributed by atoms with Crippen LogP contribution in [0.5, 0.6) is 5.75 Å². The molecular formula is C22H30N4O4S. The maximum absolute atomic E-state index is 12.2. The molecule has 31 heavy (non-hydrogen) atoms. The number of aliphatic carboxylic acids is 1. The second-order valence-electron chi connectivity index (χ2n) is 9.02. The Hall–Kier alpha value is -2.68. The lowest BCUT2D eigenvalue weighted by atomic mass is 9.93. The Bertz CT molecular complexity index is 959. The Labute approximate surface area is 186 Å². The number of carbonyl (C=O) groups is 2. The summed E-state index contributed by atoms with van der Waals surface area (Å²) in [6.07, 6.45) is 2.60. The van der Waals surface area contributed by atoms with Gasteiger partial charge in [-0.1, -0.05) is 20.8 Å². The van der Waals surface area contributed by atoms with E-state index in [1.165, 1.54) is 9.88 Å². The number of aromatic nitrogens is 2. The number of nitrogens with one attached hydrogen (secondary N) is 1. The summed E-state index contributed by atoms with van der Waals surface area (Å²) in [5, 5.41) is 22.4. The van der Waals surface area contributed by atoms with Crippen molar-refractivity contribution in [3.63, 3.8) is 0 Å². The molecule has 9 heteroatoms. The molecule has 3 N–H and O–H groups in total. The van der Waals surface area contributed by atoms with Crippen molar-refractivity contribution >= 4 is 28.2 Å². The summed E-state index contributed by atoms with van der Waals surface area (Å²) in [4.78, 5) is 35.3. The summed E-state index contributed by atoms with van der Waals surface area (Å²) in [7, 11) is 0. The summed E-state index contributed by atoms with van der Waals surface area (Å²) in [5.74, 6) is -1.30. The highest BCUT2D eigenvalue weighted by Crippen LogP contribution is 2.36. The first-order chi connectivity index (χ1) is 14.5. The van der Waals surface area contributed by atoms with Crippen LogP contribution < -0.4 is 10.2 Å². The van der Waals surface area contributed by atoms with Crippen LogP contribution in [0.25, 0.3) is 0 Å². The Morgan fingerprint density at radius 2 is 1.90 bits per heavy atom. The molecule has 1 amide bonds. The molecule has 3 heterocycles. The van der Waals surface area contributed by atoms with Crippen LogP contribution in [0.2, 0.25) is 0 Å². The SMILES string of the molecule is Cc1nc(CC2CCN(c3ccc(C(C)(C)C)s3)CC2)nc(C(=O)NCC(=O)O)c1O. The normalized spacial score (nSPS) is 15.2. The van der Waals surface area contributed by atoms with E-state index in [4.69, 9.17) is 5.11 Å². The van der Waals surface area contributed by atoms with Gasteiger partial charge in [-0.2, -0.15) is 0 Å². The van der Waals surface area contributed by atoms with Crippen molar-refractivity contribution in [2.24, 2.45) is 5.92 Å². The minimum Gasteiger partial charge on any atom is -0.504 e. The van der Waals surface area contributed by atoms with Gasteiger partial charge in [0.1, 0.15) is 12.4 Å². The zero-order valence-corrected chi connectivity index (χ0v) is 19.3. The number of aromatic hydroxyl groups is 1. The summed E-state index contributed by atoms with van der Waals surface area (Å²) in [5.41, 5.74) is 0.301. The van der Waals surface area contributed by atoms with Gasteiger partial charge in [0.25, 0.3) is 5.91 Å². The zero-order valence-electron chi connectivity index (χ0n) is 18.4. The molecule has 1 aliphatic heterocycles. The second kappa shape index (κ2) is 9.21. The molecular weight excluding hydrogens is 416 g/mol. The van der Waals surface area contributed by atoms with Gasteiger partial charge < -0.3 is 20.4 Å². The minimum absolute atomic E-state index is 0.157. The van der Waals surface area contributed by atoms with Crippen LogP contribution in [0.15, 0.2) is 12.1 Å². The van der Waals surface area contributed by atoms with Crippen LogP contribution in [-0.4, -0.2) is 51.7 Å². The Balaban J connectivity index is 1.63. The highest BCUT2D eigenvalue weighted by atomic mass is 32.1. The molecule has 0 aromatic carbocycles. The molecule has 0 unspecified atom stereocenters.